The Morgan fingerprint density at radius 1 is 0.875 bits per heavy atom. The summed E-state index contributed by atoms with van der Waals surface area (Å²) in [6, 6.07) is 7.48. The summed E-state index contributed by atoms with van der Waals surface area (Å²) < 4.78 is 9.68. The average molecular weight is 532 g/mol. The van der Waals surface area contributed by atoms with E-state index in [1.165, 1.54) is 31.4 Å². The average Bonchev–Trinajstić information content (AvgIpc) is 2.70. The Hall–Kier alpha value is -1.94. The van der Waals surface area contributed by atoms with Gasteiger partial charge >= 0.3 is 11.9 Å². The molecule has 8 nitrogen and oxygen atoms in total. The first-order chi connectivity index (χ1) is 15.0. The van der Waals surface area contributed by atoms with E-state index in [1.807, 2.05) is 28.2 Å². The van der Waals surface area contributed by atoms with Gasteiger partial charge in [0.15, 0.2) is 12.4 Å². The van der Waals surface area contributed by atoms with Gasteiger partial charge in [-0.05, 0) is 58.5 Å². The van der Waals surface area contributed by atoms with E-state index in [1.54, 1.807) is 6.07 Å². The van der Waals surface area contributed by atoms with Crippen molar-refractivity contribution in [3.63, 3.8) is 0 Å². The van der Waals surface area contributed by atoms with Gasteiger partial charge in [-0.3, -0.25) is 0 Å². The molecule has 0 fully saturated rings. The molecule has 0 radical (unpaired) electrons. The molecule has 0 heterocycles. The number of carboxylic acid groups (broad SMARTS) is 2. The van der Waals surface area contributed by atoms with E-state index in [2.05, 4.69) is 10.6 Å². The highest BCUT2D eigenvalue weighted by Gasteiger charge is 2.18. The molecule has 12 heteroatoms. The van der Waals surface area contributed by atoms with Crippen molar-refractivity contribution in [3.8, 4) is 11.5 Å². The third kappa shape index (κ3) is 13.5. The summed E-state index contributed by atoms with van der Waals surface area (Å²) in [7, 11) is 8.84. The first-order valence-electron chi connectivity index (χ1n) is 8.72. The molecule has 4 N–H and O–H groups in total. The fourth-order valence-corrected chi connectivity index (χ4v) is 2.59. The zero-order chi connectivity index (χ0) is 25.3. The standard InChI is InChI=1S/2C8H6Cl2O3.2C2H7N/c1-13-7-5(10)3-2-4(9)6(7)8(11)12;9-5-1-2-7(6(10)3-5)13-4-8(11)12;2*1-3-2/h2-3H,1H3,(H,11,12);1-3H,4H2,(H,11,12);2*3H,1-2H3. The van der Waals surface area contributed by atoms with Crippen LogP contribution >= 0.6 is 46.4 Å². The lowest BCUT2D eigenvalue weighted by molar-refractivity contribution is -0.139. The largest absolute Gasteiger partial charge is 0.494 e. The number of hydrogen-bond donors (Lipinski definition) is 4. The fourth-order valence-electron chi connectivity index (χ4n) is 1.66. The Labute approximate surface area is 207 Å². The molecular formula is C20H26Cl4N2O6. The second kappa shape index (κ2) is 18.6. The van der Waals surface area contributed by atoms with Gasteiger partial charge in [-0.25, -0.2) is 9.59 Å². The van der Waals surface area contributed by atoms with E-state index in [0.717, 1.165) is 0 Å². The van der Waals surface area contributed by atoms with Gasteiger partial charge in [0.2, 0.25) is 0 Å². The molecule has 0 aliphatic heterocycles. The van der Waals surface area contributed by atoms with Crippen LogP contribution in [0.5, 0.6) is 11.5 Å². The van der Waals surface area contributed by atoms with E-state index in [0.29, 0.717) is 15.8 Å². The monoisotopic (exact) mass is 530 g/mol. The minimum Gasteiger partial charge on any atom is -0.494 e. The first-order valence-corrected chi connectivity index (χ1v) is 10.2. The lowest BCUT2D eigenvalue weighted by Crippen LogP contribution is -2.09. The quantitative estimate of drug-likeness (QED) is 0.433. The number of nitrogens with one attached hydrogen (secondary N) is 2. The molecule has 0 bridgehead atoms. The van der Waals surface area contributed by atoms with Crippen LogP contribution in [0, 0.1) is 0 Å². The SMILES string of the molecule is CNC.CNC.COc1c(Cl)ccc(Cl)c1C(=O)O.O=C(O)COc1ccc(Cl)cc1Cl. The maximum atomic E-state index is 10.7. The molecule has 2 aromatic carbocycles. The van der Waals surface area contributed by atoms with Crippen LogP contribution in [0.25, 0.3) is 0 Å². The van der Waals surface area contributed by atoms with Gasteiger partial charge in [0, 0.05) is 5.02 Å². The minimum atomic E-state index is -1.16. The smallest absolute Gasteiger partial charge is 0.341 e. The van der Waals surface area contributed by atoms with Crippen LogP contribution in [0.4, 0.5) is 0 Å². The lowest BCUT2D eigenvalue weighted by atomic mass is 10.2. The van der Waals surface area contributed by atoms with Crippen molar-refractivity contribution in [2.75, 3.05) is 41.9 Å². The molecule has 0 aliphatic rings. The minimum absolute atomic E-state index is 0.0849. The molecule has 0 atom stereocenters. The summed E-state index contributed by atoms with van der Waals surface area (Å²) in [5.41, 5.74) is -0.114. The predicted molar refractivity (Wildman–Crippen MR) is 130 cm³/mol. The second-order valence-corrected chi connectivity index (χ2v) is 7.16. The Morgan fingerprint density at radius 2 is 1.38 bits per heavy atom. The number of aromatic carboxylic acids is 1. The van der Waals surface area contributed by atoms with E-state index < -0.39 is 18.5 Å². The number of benzene rings is 2. The maximum Gasteiger partial charge on any atom is 0.341 e. The molecule has 0 aliphatic carbocycles. The number of halogens is 4. The lowest BCUT2D eigenvalue weighted by Gasteiger charge is -2.07. The summed E-state index contributed by atoms with van der Waals surface area (Å²) in [6.45, 7) is -0.415. The van der Waals surface area contributed by atoms with Crippen LogP contribution in [0.2, 0.25) is 20.1 Å². The predicted octanol–water partition coefficient (Wildman–Crippen LogP) is 4.83. The number of aliphatic carboxylic acids is 1. The fraction of sp³-hybridized carbons (Fsp3) is 0.300. The highest BCUT2D eigenvalue weighted by molar-refractivity contribution is 6.37. The summed E-state index contributed by atoms with van der Waals surface area (Å²) >= 11 is 22.7. The molecule has 2 rings (SSSR count). The van der Waals surface area contributed by atoms with E-state index in [9.17, 15) is 9.59 Å². The van der Waals surface area contributed by atoms with Crippen molar-refractivity contribution >= 4 is 58.3 Å². The molecule has 32 heavy (non-hydrogen) atoms. The van der Waals surface area contributed by atoms with E-state index >= 15 is 0 Å². The van der Waals surface area contributed by atoms with Crippen molar-refractivity contribution in [1.82, 2.24) is 10.6 Å². The van der Waals surface area contributed by atoms with Gasteiger partial charge in [-0.2, -0.15) is 0 Å². The topological polar surface area (TPSA) is 117 Å². The van der Waals surface area contributed by atoms with Gasteiger partial charge in [-0.1, -0.05) is 46.4 Å². The highest BCUT2D eigenvalue weighted by atomic mass is 35.5. The zero-order valence-electron chi connectivity index (χ0n) is 18.1. The normalized spacial score (nSPS) is 9.03. The van der Waals surface area contributed by atoms with Crippen LogP contribution in [0.3, 0.4) is 0 Å². The Balaban J connectivity index is 0. The van der Waals surface area contributed by atoms with Crippen LogP contribution in [-0.4, -0.2) is 64.1 Å². The molecule has 0 unspecified atom stereocenters. The Morgan fingerprint density at radius 3 is 1.75 bits per heavy atom. The molecule has 2 aromatic rings. The highest BCUT2D eigenvalue weighted by Crippen LogP contribution is 2.33. The Kier molecular flexibility index (Phi) is 18.8. The third-order valence-corrected chi connectivity index (χ3v) is 3.86. The summed E-state index contributed by atoms with van der Waals surface area (Å²) in [5, 5.41) is 23.7. The summed E-state index contributed by atoms with van der Waals surface area (Å²) in [6.07, 6.45) is 0. The maximum absolute atomic E-state index is 10.7. The van der Waals surface area contributed by atoms with Crippen molar-refractivity contribution in [1.29, 1.82) is 0 Å². The summed E-state index contributed by atoms with van der Waals surface area (Å²) in [4.78, 5) is 20.9. The van der Waals surface area contributed by atoms with Crippen LogP contribution in [0.15, 0.2) is 30.3 Å². The number of methoxy groups -OCH3 is 1. The second-order valence-electron chi connectivity index (χ2n) is 5.50. The van der Waals surface area contributed by atoms with Crippen molar-refractivity contribution in [2.45, 2.75) is 0 Å². The first kappa shape index (κ1) is 32.2. The number of carbonyl (C=O) groups is 2. The summed E-state index contributed by atoms with van der Waals surface area (Å²) in [5.74, 6) is -1.81. The van der Waals surface area contributed by atoms with E-state index in [-0.39, 0.29) is 21.4 Å². The molecule has 0 saturated carbocycles. The molecule has 180 valence electrons. The number of carboxylic acids is 2. The number of hydrogen-bond acceptors (Lipinski definition) is 6. The number of rotatable bonds is 5. The third-order valence-electron chi connectivity index (χ3n) is 2.72. The zero-order valence-corrected chi connectivity index (χ0v) is 21.2. The molecule has 0 saturated heterocycles. The van der Waals surface area contributed by atoms with Gasteiger partial charge in [-0.15, -0.1) is 0 Å². The van der Waals surface area contributed by atoms with Crippen molar-refractivity contribution in [3.05, 3.63) is 56.0 Å². The van der Waals surface area contributed by atoms with Gasteiger partial charge < -0.3 is 30.3 Å². The van der Waals surface area contributed by atoms with Crippen molar-refractivity contribution in [2.24, 2.45) is 0 Å². The Bertz CT molecular complexity index is 851. The van der Waals surface area contributed by atoms with Crippen LogP contribution in [0.1, 0.15) is 10.4 Å². The molecule has 0 spiro atoms. The molecule has 0 amide bonds. The molecular weight excluding hydrogens is 506 g/mol. The van der Waals surface area contributed by atoms with Crippen LogP contribution < -0.4 is 20.1 Å². The van der Waals surface area contributed by atoms with E-state index in [4.69, 9.17) is 66.1 Å². The molecule has 0 aromatic heterocycles. The van der Waals surface area contributed by atoms with Crippen LogP contribution in [-0.2, 0) is 4.79 Å². The van der Waals surface area contributed by atoms with Gasteiger partial charge in [0.25, 0.3) is 0 Å². The van der Waals surface area contributed by atoms with Gasteiger partial charge in [0.05, 0.1) is 22.2 Å². The van der Waals surface area contributed by atoms with Crippen molar-refractivity contribution < 1.29 is 29.3 Å². The van der Waals surface area contributed by atoms with Gasteiger partial charge in [0.1, 0.15) is 11.3 Å². The number of ether oxygens (including phenoxy) is 2.